The molecular formula is C19H21ClN2O2. The van der Waals surface area contributed by atoms with E-state index in [9.17, 15) is 9.59 Å². The molecule has 1 N–H and O–H groups in total. The highest BCUT2D eigenvalue weighted by Crippen LogP contribution is 2.10. The van der Waals surface area contributed by atoms with Gasteiger partial charge < -0.3 is 10.2 Å². The van der Waals surface area contributed by atoms with Crippen molar-refractivity contribution >= 4 is 23.4 Å². The van der Waals surface area contributed by atoms with Gasteiger partial charge >= 0.3 is 0 Å². The van der Waals surface area contributed by atoms with Gasteiger partial charge in [0.05, 0.1) is 6.42 Å². The lowest BCUT2D eigenvalue weighted by Crippen LogP contribution is -2.48. The molecule has 2 aromatic carbocycles. The van der Waals surface area contributed by atoms with E-state index in [1.165, 1.54) is 4.90 Å². The quantitative estimate of drug-likeness (QED) is 0.876. The molecule has 4 nitrogen and oxygen atoms in total. The lowest BCUT2D eigenvalue weighted by molar-refractivity contribution is -0.134. The van der Waals surface area contributed by atoms with Crippen LogP contribution in [0.15, 0.2) is 54.6 Å². The molecule has 2 aromatic rings. The maximum atomic E-state index is 12.4. The van der Waals surface area contributed by atoms with Gasteiger partial charge in [0.15, 0.2) is 0 Å². The Morgan fingerprint density at radius 3 is 2.21 bits per heavy atom. The smallest absolute Gasteiger partial charge is 0.244 e. The van der Waals surface area contributed by atoms with Crippen LogP contribution in [0.2, 0.25) is 5.02 Å². The van der Waals surface area contributed by atoms with Crippen molar-refractivity contribution in [1.29, 1.82) is 0 Å². The number of benzene rings is 2. The van der Waals surface area contributed by atoms with E-state index in [4.69, 9.17) is 11.6 Å². The molecule has 2 amide bonds. The van der Waals surface area contributed by atoms with E-state index in [1.807, 2.05) is 42.5 Å². The standard InChI is InChI=1S/C19H21ClN2O2/c1-22(2)19(24)17(12-14-6-4-3-5-7-14)21-18(23)13-15-8-10-16(20)11-9-15/h3-11,17H,12-13H2,1-2H3,(H,21,23). The number of nitrogens with one attached hydrogen (secondary N) is 1. The van der Waals surface area contributed by atoms with Crippen LogP contribution in [-0.2, 0) is 22.4 Å². The van der Waals surface area contributed by atoms with Crippen molar-refractivity contribution in [3.8, 4) is 0 Å². The highest BCUT2D eigenvalue weighted by Gasteiger charge is 2.22. The van der Waals surface area contributed by atoms with Gasteiger partial charge in [-0.3, -0.25) is 9.59 Å². The molecule has 0 saturated heterocycles. The van der Waals surface area contributed by atoms with Gasteiger partial charge in [0.2, 0.25) is 11.8 Å². The van der Waals surface area contributed by atoms with Crippen LogP contribution in [0.3, 0.4) is 0 Å². The number of carbonyl (C=O) groups excluding carboxylic acids is 2. The molecule has 0 radical (unpaired) electrons. The van der Waals surface area contributed by atoms with Gasteiger partial charge in [-0.15, -0.1) is 0 Å². The molecule has 0 spiro atoms. The summed E-state index contributed by atoms with van der Waals surface area (Å²) >= 11 is 5.85. The van der Waals surface area contributed by atoms with E-state index in [-0.39, 0.29) is 18.2 Å². The van der Waals surface area contributed by atoms with Gasteiger partial charge in [0.25, 0.3) is 0 Å². The number of nitrogens with zero attached hydrogens (tertiary/aromatic N) is 1. The molecular weight excluding hydrogens is 324 g/mol. The van der Waals surface area contributed by atoms with Gasteiger partial charge in [0.1, 0.15) is 6.04 Å². The van der Waals surface area contributed by atoms with Gasteiger partial charge in [-0.2, -0.15) is 0 Å². The van der Waals surface area contributed by atoms with Gasteiger partial charge in [-0.1, -0.05) is 54.1 Å². The largest absolute Gasteiger partial charge is 0.347 e. The number of rotatable bonds is 6. The first-order valence-corrected chi connectivity index (χ1v) is 8.12. The summed E-state index contributed by atoms with van der Waals surface area (Å²) in [6.45, 7) is 0. The SMILES string of the molecule is CN(C)C(=O)C(Cc1ccccc1)NC(=O)Cc1ccc(Cl)cc1. The molecule has 0 aliphatic rings. The molecule has 1 unspecified atom stereocenters. The first-order chi connectivity index (χ1) is 11.5. The summed E-state index contributed by atoms with van der Waals surface area (Å²) < 4.78 is 0. The van der Waals surface area contributed by atoms with Gasteiger partial charge in [-0.05, 0) is 23.3 Å². The van der Waals surface area contributed by atoms with E-state index >= 15 is 0 Å². The Kier molecular flexibility index (Phi) is 6.38. The van der Waals surface area contributed by atoms with Crippen molar-refractivity contribution in [2.75, 3.05) is 14.1 Å². The Morgan fingerprint density at radius 2 is 1.62 bits per heavy atom. The Morgan fingerprint density at radius 1 is 1.00 bits per heavy atom. The molecule has 0 aliphatic carbocycles. The van der Waals surface area contributed by atoms with Crippen molar-refractivity contribution in [3.05, 3.63) is 70.7 Å². The molecule has 0 saturated carbocycles. The second kappa shape index (κ2) is 8.50. The normalized spacial score (nSPS) is 11.6. The summed E-state index contributed by atoms with van der Waals surface area (Å²) in [5.41, 5.74) is 1.86. The molecule has 126 valence electrons. The zero-order valence-electron chi connectivity index (χ0n) is 13.8. The molecule has 0 heterocycles. The van der Waals surface area contributed by atoms with Gasteiger partial charge in [-0.25, -0.2) is 0 Å². The average molecular weight is 345 g/mol. The van der Waals surface area contributed by atoms with Crippen molar-refractivity contribution in [2.45, 2.75) is 18.9 Å². The summed E-state index contributed by atoms with van der Waals surface area (Å²) in [7, 11) is 3.37. The first-order valence-electron chi connectivity index (χ1n) is 7.74. The van der Waals surface area contributed by atoms with Gasteiger partial charge in [0, 0.05) is 25.5 Å². The lowest BCUT2D eigenvalue weighted by Gasteiger charge is -2.22. The van der Waals surface area contributed by atoms with Crippen LogP contribution in [0.1, 0.15) is 11.1 Å². The number of carbonyl (C=O) groups is 2. The topological polar surface area (TPSA) is 49.4 Å². The Hall–Kier alpha value is -2.33. The summed E-state index contributed by atoms with van der Waals surface area (Å²) in [6.07, 6.45) is 0.674. The van der Waals surface area contributed by atoms with Crippen LogP contribution in [0.4, 0.5) is 0 Å². The van der Waals surface area contributed by atoms with Crippen LogP contribution < -0.4 is 5.32 Å². The van der Waals surface area contributed by atoms with Crippen LogP contribution in [0.5, 0.6) is 0 Å². The van der Waals surface area contributed by atoms with Crippen molar-refractivity contribution < 1.29 is 9.59 Å². The summed E-state index contributed by atoms with van der Waals surface area (Å²) in [6, 6.07) is 16.2. The van der Waals surface area contributed by atoms with Crippen LogP contribution in [0.25, 0.3) is 0 Å². The molecule has 0 fully saturated rings. The number of amides is 2. The fourth-order valence-corrected chi connectivity index (χ4v) is 2.52. The third-order valence-electron chi connectivity index (χ3n) is 3.63. The number of halogens is 1. The monoisotopic (exact) mass is 344 g/mol. The third kappa shape index (κ3) is 5.39. The minimum Gasteiger partial charge on any atom is -0.347 e. The maximum Gasteiger partial charge on any atom is 0.244 e. The molecule has 2 rings (SSSR count). The van der Waals surface area contributed by atoms with Crippen LogP contribution in [-0.4, -0.2) is 36.9 Å². The number of hydrogen-bond acceptors (Lipinski definition) is 2. The predicted octanol–water partition coefficient (Wildman–Crippen LogP) is 2.70. The second-order valence-corrected chi connectivity index (χ2v) is 6.28. The maximum absolute atomic E-state index is 12.4. The lowest BCUT2D eigenvalue weighted by atomic mass is 10.0. The summed E-state index contributed by atoms with van der Waals surface area (Å²) in [5.74, 6) is -0.309. The molecule has 0 aliphatic heterocycles. The minimum atomic E-state index is -0.581. The molecule has 0 aromatic heterocycles. The average Bonchev–Trinajstić information content (AvgIpc) is 2.56. The second-order valence-electron chi connectivity index (χ2n) is 5.85. The highest BCUT2D eigenvalue weighted by atomic mass is 35.5. The highest BCUT2D eigenvalue weighted by molar-refractivity contribution is 6.30. The van der Waals surface area contributed by atoms with E-state index in [1.54, 1.807) is 26.2 Å². The zero-order valence-corrected chi connectivity index (χ0v) is 14.6. The summed E-state index contributed by atoms with van der Waals surface area (Å²) in [5, 5.41) is 3.48. The van der Waals surface area contributed by atoms with Crippen LogP contribution in [0, 0.1) is 0 Å². The Labute approximate surface area is 147 Å². The van der Waals surface area contributed by atoms with E-state index in [0.29, 0.717) is 11.4 Å². The zero-order chi connectivity index (χ0) is 17.5. The van der Waals surface area contributed by atoms with E-state index in [2.05, 4.69) is 5.32 Å². The van der Waals surface area contributed by atoms with Crippen LogP contribution >= 0.6 is 11.6 Å². The Balaban J connectivity index is 2.05. The predicted molar refractivity (Wildman–Crippen MR) is 95.9 cm³/mol. The fraction of sp³-hybridized carbons (Fsp3) is 0.263. The number of likely N-dealkylation sites (N-methyl/N-ethyl adjacent to an activating group) is 1. The van der Waals surface area contributed by atoms with E-state index < -0.39 is 6.04 Å². The van der Waals surface area contributed by atoms with Crippen molar-refractivity contribution in [3.63, 3.8) is 0 Å². The number of hydrogen-bond donors (Lipinski definition) is 1. The minimum absolute atomic E-state index is 0.122. The molecule has 0 bridgehead atoms. The third-order valence-corrected chi connectivity index (χ3v) is 3.89. The Bertz CT molecular complexity index is 684. The van der Waals surface area contributed by atoms with Crippen molar-refractivity contribution in [2.24, 2.45) is 0 Å². The summed E-state index contributed by atoms with van der Waals surface area (Å²) in [4.78, 5) is 26.2. The van der Waals surface area contributed by atoms with Crippen molar-refractivity contribution in [1.82, 2.24) is 10.2 Å². The van der Waals surface area contributed by atoms with E-state index in [0.717, 1.165) is 11.1 Å². The molecule has 1 atom stereocenters. The first kappa shape index (κ1) is 18.0. The molecule has 24 heavy (non-hydrogen) atoms. The fourth-order valence-electron chi connectivity index (χ4n) is 2.39. The molecule has 5 heteroatoms.